The molecule has 0 saturated carbocycles. The Morgan fingerprint density at radius 2 is 1.61 bits per heavy atom. The summed E-state index contributed by atoms with van der Waals surface area (Å²) in [6, 6.07) is 0. The molecule has 7 heteroatoms. The van der Waals surface area contributed by atoms with Crippen molar-refractivity contribution in [3.8, 4) is 0 Å². The van der Waals surface area contributed by atoms with Crippen molar-refractivity contribution in [1.29, 1.82) is 0 Å². The topological polar surface area (TPSA) is 60.9 Å². The minimum absolute atomic E-state index is 0.000742. The molecule has 0 unspecified atom stereocenters. The third-order valence-electron chi connectivity index (χ3n) is 5.08. The molecule has 2 aliphatic heterocycles. The Morgan fingerprint density at radius 1 is 1.00 bits per heavy atom. The molecular formula is C16H31N3O3S. The maximum Gasteiger partial charge on any atom is 0.225 e. The van der Waals surface area contributed by atoms with E-state index in [-0.39, 0.29) is 17.6 Å². The van der Waals surface area contributed by atoms with Gasteiger partial charge in [0.2, 0.25) is 15.9 Å². The van der Waals surface area contributed by atoms with E-state index in [0.717, 1.165) is 39.1 Å². The van der Waals surface area contributed by atoms with E-state index in [1.807, 2.05) is 11.8 Å². The molecule has 0 bridgehead atoms. The van der Waals surface area contributed by atoms with Crippen LogP contribution in [0.1, 0.15) is 39.5 Å². The first-order valence-corrected chi connectivity index (χ1v) is 10.6. The third-order valence-corrected chi connectivity index (χ3v) is 7.04. The van der Waals surface area contributed by atoms with E-state index < -0.39 is 10.0 Å². The Hall–Kier alpha value is -0.660. The molecule has 0 N–H and O–H groups in total. The first kappa shape index (κ1) is 18.7. The van der Waals surface area contributed by atoms with Crippen molar-refractivity contribution < 1.29 is 13.2 Å². The predicted octanol–water partition coefficient (Wildman–Crippen LogP) is 0.992. The Kier molecular flexibility index (Phi) is 6.85. The average molecular weight is 346 g/mol. The van der Waals surface area contributed by atoms with E-state index in [4.69, 9.17) is 0 Å². The molecule has 0 atom stereocenters. The molecule has 0 aromatic rings. The fraction of sp³-hybridized carbons (Fsp3) is 0.938. The zero-order valence-corrected chi connectivity index (χ0v) is 15.4. The number of carbonyl (C=O) groups is 1. The van der Waals surface area contributed by atoms with Gasteiger partial charge in [-0.2, -0.15) is 0 Å². The largest absolute Gasteiger partial charge is 0.340 e. The number of piperidine rings is 1. The zero-order valence-electron chi connectivity index (χ0n) is 14.5. The van der Waals surface area contributed by atoms with Gasteiger partial charge >= 0.3 is 0 Å². The lowest BCUT2D eigenvalue weighted by molar-refractivity contribution is -0.138. The monoisotopic (exact) mass is 345 g/mol. The van der Waals surface area contributed by atoms with Gasteiger partial charge in [0.05, 0.1) is 5.75 Å². The molecule has 2 saturated heterocycles. The highest BCUT2D eigenvalue weighted by Crippen LogP contribution is 2.23. The van der Waals surface area contributed by atoms with Crippen molar-refractivity contribution in [2.45, 2.75) is 39.5 Å². The molecule has 2 aliphatic rings. The molecule has 0 spiro atoms. The third kappa shape index (κ3) is 4.90. The van der Waals surface area contributed by atoms with Crippen LogP contribution in [0.2, 0.25) is 0 Å². The van der Waals surface area contributed by atoms with Gasteiger partial charge in [-0.1, -0.05) is 20.3 Å². The fourth-order valence-corrected chi connectivity index (χ4v) is 5.06. The van der Waals surface area contributed by atoms with Crippen LogP contribution in [0.25, 0.3) is 0 Å². The summed E-state index contributed by atoms with van der Waals surface area (Å²) in [4.78, 5) is 16.9. The van der Waals surface area contributed by atoms with Crippen LogP contribution in [0.15, 0.2) is 0 Å². The van der Waals surface area contributed by atoms with Crippen LogP contribution >= 0.6 is 0 Å². The first-order chi connectivity index (χ1) is 11.0. The highest BCUT2D eigenvalue weighted by molar-refractivity contribution is 7.89. The van der Waals surface area contributed by atoms with Crippen LogP contribution in [0.5, 0.6) is 0 Å². The summed E-state index contributed by atoms with van der Waals surface area (Å²) in [5.41, 5.74) is 0. The fourth-order valence-electron chi connectivity index (χ4n) is 3.38. The number of unbranched alkanes of at least 4 members (excludes halogenated alkanes) is 1. The van der Waals surface area contributed by atoms with Crippen LogP contribution in [0.4, 0.5) is 0 Å². The van der Waals surface area contributed by atoms with Gasteiger partial charge < -0.3 is 9.80 Å². The number of hydrogen-bond acceptors (Lipinski definition) is 4. The Morgan fingerprint density at radius 3 is 2.13 bits per heavy atom. The summed E-state index contributed by atoms with van der Waals surface area (Å²) in [6.07, 6.45) is 2.93. The SMILES string of the molecule is CCCCS(=O)(=O)N1CCC(C(=O)N2CCN(CC)CC2)CC1. The van der Waals surface area contributed by atoms with Gasteiger partial charge in [0.15, 0.2) is 0 Å². The summed E-state index contributed by atoms with van der Waals surface area (Å²) in [6.45, 7) is 9.69. The molecule has 134 valence electrons. The van der Waals surface area contributed by atoms with Gasteiger partial charge in [-0.25, -0.2) is 12.7 Å². The van der Waals surface area contributed by atoms with Gasteiger partial charge in [0.25, 0.3) is 0 Å². The van der Waals surface area contributed by atoms with Gasteiger partial charge in [-0.05, 0) is 25.8 Å². The molecule has 2 rings (SSSR count). The summed E-state index contributed by atoms with van der Waals surface area (Å²) < 4.78 is 26.0. The number of likely N-dealkylation sites (N-methyl/N-ethyl adjacent to an activating group) is 1. The summed E-state index contributed by atoms with van der Waals surface area (Å²) in [5, 5.41) is 0. The lowest BCUT2D eigenvalue weighted by Gasteiger charge is -2.38. The first-order valence-electron chi connectivity index (χ1n) is 8.97. The van der Waals surface area contributed by atoms with Crippen LogP contribution in [-0.2, 0) is 14.8 Å². The number of carbonyl (C=O) groups excluding carboxylic acids is 1. The number of sulfonamides is 1. The van der Waals surface area contributed by atoms with Crippen LogP contribution in [0, 0.1) is 5.92 Å². The van der Waals surface area contributed by atoms with Crippen molar-refractivity contribution >= 4 is 15.9 Å². The molecular weight excluding hydrogens is 314 g/mol. The minimum Gasteiger partial charge on any atom is -0.340 e. The van der Waals surface area contributed by atoms with Crippen molar-refractivity contribution in [3.05, 3.63) is 0 Å². The van der Waals surface area contributed by atoms with Crippen LogP contribution in [-0.4, -0.2) is 80.0 Å². The smallest absolute Gasteiger partial charge is 0.225 e. The molecule has 23 heavy (non-hydrogen) atoms. The van der Waals surface area contributed by atoms with E-state index >= 15 is 0 Å². The molecule has 1 amide bonds. The number of nitrogens with zero attached hydrogens (tertiary/aromatic N) is 3. The maximum absolute atomic E-state index is 12.6. The molecule has 0 radical (unpaired) electrons. The van der Waals surface area contributed by atoms with E-state index in [1.54, 1.807) is 4.31 Å². The van der Waals surface area contributed by atoms with Crippen molar-refractivity contribution in [1.82, 2.24) is 14.1 Å². The van der Waals surface area contributed by atoms with Gasteiger partial charge in [-0.15, -0.1) is 0 Å². The standard InChI is InChI=1S/C16H31N3O3S/c1-3-5-14-23(21,22)19-8-6-15(7-9-19)16(20)18-12-10-17(4-2)11-13-18/h15H,3-14H2,1-2H3. The minimum atomic E-state index is -3.13. The molecule has 0 aromatic carbocycles. The van der Waals surface area contributed by atoms with Crippen molar-refractivity contribution in [2.75, 3.05) is 51.6 Å². The summed E-state index contributed by atoms with van der Waals surface area (Å²) in [5.74, 6) is 0.466. The second kappa shape index (κ2) is 8.44. The number of hydrogen-bond donors (Lipinski definition) is 0. The second-order valence-corrected chi connectivity index (χ2v) is 8.69. The lowest BCUT2D eigenvalue weighted by atomic mass is 9.96. The Bertz CT molecular complexity index is 479. The van der Waals surface area contributed by atoms with Crippen molar-refractivity contribution in [3.63, 3.8) is 0 Å². The maximum atomic E-state index is 12.6. The van der Waals surface area contributed by atoms with E-state index in [0.29, 0.717) is 32.4 Å². The predicted molar refractivity (Wildman–Crippen MR) is 91.7 cm³/mol. The molecule has 2 fully saturated rings. The second-order valence-electron chi connectivity index (χ2n) is 6.60. The van der Waals surface area contributed by atoms with Gasteiger partial charge in [0, 0.05) is 45.2 Å². The highest BCUT2D eigenvalue weighted by Gasteiger charge is 2.33. The van der Waals surface area contributed by atoms with Crippen molar-refractivity contribution in [2.24, 2.45) is 5.92 Å². The van der Waals surface area contributed by atoms with E-state index in [2.05, 4.69) is 11.8 Å². The number of piperazine rings is 1. The molecule has 0 aliphatic carbocycles. The van der Waals surface area contributed by atoms with Crippen LogP contribution < -0.4 is 0 Å². The number of amides is 1. The Labute approximate surface area is 140 Å². The molecule has 6 nitrogen and oxygen atoms in total. The zero-order chi connectivity index (χ0) is 16.9. The Balaban J connectivity index is 1.81. The van der Waals surface area contributed by atoms with E-state index in [1.165, 1.54) is 0 Å². The summed E-state index contributed by atoms with van der Waals surface area (Å²) in [7, 11) is -3.13. The quantitative estimate of drug-likeness (QED) is 0.720. The lowest BCUT2D eigenvalue weighted by Crippen LogP contribution is -2.51. The van der Waals surface area contributed by atoms with Gasteiger partial charge in [-0.3, -0.25) is 4.79 Å². The van der Waals surface area contributed by atoms with Crippen LogP contribution in [0.3, 0.4) is 0 Å². The van der Waals surface area contributed by atoms with Gasteiger partial charge in [0.1, 0.15) is 0 Å². The molecule has 0 aromatic heterocycles. The summed E-state index contributed by atoms with van der Waals surface area (Å²) >= 11 is 0. The highest BCUT2D eigenvalue weighted by atomic mass is 32.2. The average Bonchev–Trinajstić information content (AvgIpc) is 2.59. The normalized spacial score (nSPS) is 22.4. The van der Waals surface area contributed by atoms with E-state index in [9.17, 15) is 13.2 Å². The molecule has 2 heterocycles. The number of rotatable bonds is 6.